The van der Waals surface area contributed by atoms with Crippen LogP contribution < -0.4 is 0 Å². The second kappa shape index (κ2) is 5.04. The van der Waals surface area contributed by atoms with E-state index >= 15 is 0 Å². The molecule has 1 amide bonds. The molecule has 3 heteroatoms. The van der Waals surface area contributed by atoms with Gasteiger partial charge in [-0.3, -0.25) is 4.79 Å². The van der Waals surface area contributed by atoms with Gasteiger partial charge in [-0.15, -0.1) is 11.3 Å². The highest BCUT2D eigenvalue weighted by Gasteiger charge is 2.38. The Labute approximate surface area is 113 Å². The first-order valence-corrected chi connectivity index (χ1v) is 8.02. The molecule has 3 rings (SSSR count). The lowest BCUT2D eigenvalue weighted by atomic mass is 9.94. The third-order valence-corrected chi connectivity index (χ3v) is 5.20. The van der Waals surface area contributed by atoms with Crippen molar-refractivity contribution in [2.75, 3.05) is 0 Å². The third-order valence-electron chi connectivity index (χ3n) is 4.20. The molecule has 0 spiro atoms. The third kappa shape index (κ3) is 2.33. The average Bonchev–Trinajstić information content (AvgIpc) is 3.12. The molecule has 0 unspecified atom stereocenters. The van der Waals surface area contributed by atoms with Crippen molar-refractivity contribution >= 4 is 17.2 Å². The summed E-state index contributed by atoms with van der Waals surface area (Å²) in [5.41, 5.74) is 1.14. The van der Waals surface area contributed by atoms with Gasteiger partial charge < -0.3 is 4.90 Å². The zero-order valence-corrected chi connectivity index (χ0v) is 11.8. The Morgan fingerprint density at radius 3 is 2.39 bits per heavy atom. The van der Waals surface area contributed by atoms with Gasteiger partial charge in [0.15, 0.2) is 0 Å². The molecule has 18 heavy (non-hydrogen) atoms. The SMILES string of the molecule is Cc1ccsc1C(=O)N(C1CCCCC1)C1CC1. The van der Waals surface area contributed by atoms with E-state index in [-0.39, 0.29) is 0 Å². The van der Waals surface area contributed by atoms with Crippen molar-refractivity contribution < 1.29 is 4.79 Å². The normalized spacial score (nSPS) is 20.9. The van der Waals surface area contributed by atoms with Crippen LogP contribution in [0, 0.1) is 6.92 Å². The highest BCUT2D eigenvalue weighted by atomic mass is 32.1. The highest BCUT2D eigenvalue weighted by Crippen LogP contribution is 2.35. The zero-order chi connectivity index (χ0) is 12.5. The van der Waals surface area contributed by atoms with E-state index in [4.69, 9.17) is 0 Å². The summed E-state index contributed by atoms with van der Waals surface area (Å²) in [5, 5.41) is 2.04. The van der Waals surface area contributed by atoms with Crippen molar-refractivity contribution in [2.24, 2.45) is 0 Å². The van der Waals surface area contributed by atoms with Gasteiger partial charge >= 0.3 is 0 Å². The lowest BCUT2D eigenvalue weighted by Gasteiger charge is -2.34. The zero-order valence-electron chi connectivity index (χ0n) is 11.0. The van der Waals surface area contributed by atoms with Crippen LogP contribution in [-0.2, 0) is 0 Å². The molecule has 1 aromatic heterocycles. The van der Waals surface area contributed by atoms with Gasteiger partial charge in [0.2, 0.25) is 0 Å². The summed E-state index contributed by atoms with van der Waals surface area (Å²) in [5.74, 6) is 0.303. The number of carbonyl (C=O) groups is 1. The number of amides is 1. The van der Waals surface area contributed by atoms with Crippen molar-refractivity contribution in [3.8, 4) is 0 Å². The molecular formula is C15H21NOS. The maximum atomic E-state index is 12.7. The first-order valence-electron chi connectivity index (χ1n) is 7.14. The fourth-order valence-electron chi connectivity index (χ4n) is 3.05. The predicted molar refractivity (Wildman–Crippen MR) is 75.1 cm³/mol. The first kappa shape index (κ1) is 12.2. The molecule has 0 atom stereocenters. The Hall–Kier alpha value is -0.830. The number of hydrogen-bond acceptors (Lipinski definition) is 2. The molecule has 2 aliphatic rings. The summed E-state index contributed by atoms with van der Waals surface area (Å²) < 4.78 is 0. The van der Waals surface area contributed by atoms with Crippen LogP contribution >= 0.6 is 11.3 Å². The Balaban J connectivity index is 1.81. The van der Waals surface area contributed by atoms with E-state index in [1.54, 1.807) is 11.3 Å². The van der Waals surface area contributed by atoms with Crippen LogP contribution in [0.5, 0.6) is 0 Å². The Morgan fingerprint density at radius 2 is 1.83 bits per heavy atom. The standard InChI is InChI=1S/C15H21NOS/c1-11-9-10-18-14(11)15(17)16(13-7-8-13)12-5-3-2-4-6-12/h9-10,12-13H,2-8H2,1H3. The summed E-state index contributed by atoms with van der Waals surface area (Å²) in [7, 11) is 0. The molecule has 2 saturated carbocycles. The monoisotopic (exact) mass is 263 g/mol. The maximum absolute atomic E-state index is 12.7. The van der Waals surface area contributed by atoms with E-state index in [9.17, 15) is 4.79 Å². The van der Waals surface area contributed by atoms with E-state index in [1.165, 1.54) is 44.9 Å². The number of hydrogen-bond donors (Lipinski definition) is 0. The van der Waals surface area contributed by atoms with Crippen LogP contribution in [0.3, 0.4) is 0 Å². The van der Waals surface area contributed by atoms with E-state index < -0.39 is 0 Å². The van der Waals surface area contributed by atoms with Crippen LogP contribution in [0.1, 0.15) is 60.2 Å². The quantitative estimate of drug-likeness (QED) is 0.807. The second-order valence-corrected chi connectivity index (χ2v) is 6.58. The van der Waals surface area contributed by atoms with Crippen LogP contribution in [0.15, 0.2) is 11.4 Å². The molecule has 1 heterocycles. The number of thiophene rings is 1. The largest absolute Gasteiger partial charge is 0.332 e. The van der Waals surface area contributed by atoms with Crippen molar-refractivity contribution in [1.82, 2.24) is 4.90 Å². The molecule has 2 aliphatic carbocycles. The Bertz CT molecular complexity index is 429. The van der Waals surface area contributed by atoms with Gasteiger partial charge in [0.05, 0.1) is 4.88 Å². The molecule has 0 saturated heterocycles. The van der Waals surface area contributed by atoms with E-state index in [0.717, 1.165) is 10.4 Å². The molecule has 2 fully saturated rings. The minimum Gasteiger partial charge on any atom is -0.332 e. The number of rotatable bonds is 3. The topological polar surface area (TPSA) is 20.3 Å². The minimum atomic E-state index is 0.303. The molecule has 0 N–H and O–H groups in total. The van der Waals surface area contributed by atoms with Gasteiger partial charge in [-0.05, 0) is 49.6 Å². The number of nitrogens with zero attached hydrogens (tertiary/aromatic N) is 1. The molecule has 0 radical (unpaired) electrons. The molecule has 2 nitrogen and oxygen atoms in total. The summed E-state index contributed by atoms with van der Waals surface area (Å²) in [6.07, 6.45) is 8.80. The van der Waals surface area contributed by atoms with Crippen LogP contribution in [0.25, 0.3) is 0 Å². The fraction of sp³-hybridized carbons (Fsp3) is 0.667. The summed E-state index contributed by atoms with van der Waals surface area (Å²) in [6.45, 7) is 2.05. The van der Waals surface area contributed by atoms with Crippen molar-refractivity contribution in [3.05, 3.63) is 21.9 Å². The van der Waals surface area contributed by atoms with Crippen LogP contribution in [0.2, 0.25) is 0 Å². The smallest absolute Gasteiger partial charge is 0.264 e. The molecule has 1 aromatic rings. The van der Waals surface area contributed by atoms with Gasteiger partial charge in [0.25, 0.3) is 5.91 Å². The molecule has 0 aromatic carbocycles. The van der Waals surface area contributed by atoms with Gasteiger partial charge in [-0.2, -0.15) is 0 Å². The fourth-order valence-corrected chi connectivity index (χ4v) is 3.92. The van der Waals surface area contributed by atoms with E-state index in [0.29, 0.717) is 18.0 Å². The Morgan fingerprint density at radius 1 is 1.17 bits per heavy atom. The molecule has 0 bridgehead atoms. The number of carbonyl (C=O) groups excluding carboxylic acids is 1. The summed E-state index contributed by atoms with van der Waals surface area (Å²) in [4.78, 5) is 15.9. The van der Waals surface area contributed by atoms with Crippen molar-refractivity contribution in [3.63, 3.8) is 0 Å². The maximum Gasteiger partial charge on any atom is 0.264 e. The summed E-state index contributed by atoms with van der Waals surface area (Å²) in [6, 6.07) is 3.12. The lowest BCUT2D eigenvalue weighted by Crippen LogP contribution is -2.42. The summed E-state index contributed by atoms with van der Waals surface area (Å²) >= 11 is 1.60. The minimum absolute atomic E-state index is 0.303. The van der Waals surface area contributed by atoms with Crippen LogP contribution in [0.4, 0.5) is 0 Å². The Kier molecular flexibility index (Phi) is 3.42. The second-order valence-electron chi connectivity index (χ2n) is 5.67. The van der Waals surface area contributed by atoms with Crippen molar-refractivity contribution in [1.29, 1.82) is 0 Å². The number of aryl methyl sites for hydroxylation is 1. The lowest BCUT2D eigenvalue weighted by molar-refractivity contribution is 0.0618. The van der Waals surface area contributed by atoms with Gasteiger partial charge in [-0.1, -0.05) is 19.3 Å². The van der Waals surface area contributed by atoms with Gasteiger partial charge in [0, 0.05) is 12.1 Å². The van der Waals surface area contributed by atoms with E-state index in [2.05, 4.69) is 17.9 Å². The average molecular weight is 263 g/mol. The first-order chi connectivity index (χ1) is 8.77. The van der Waals surface area contributed by atoms with Crippen molar-refractivity contribution in [2.45, 2.75) is 64.0 Å². The highest BCUT2D eigenvalue weighted by molar-refractivity contribution is 7.12. The molecule has 0 aliphatic heterocycles. The predicted octanol–water partition coefficient (Wildman–Crippen LogP) is 3.99. The molecular weight excluding hydrogens is 242 g/mol. The molecule has 98 valence electrons. The van der Waals surface area contributed by atoms with Gasteiger partial charge in [0.1, 0.15) is 0 Å². The van der Waals surface area contributed by atoms with Gasteiger partial charge in [-0.25, -0.2) is 0 Å². The van der Waals surface area contributed by atoms with Crippen LogP contribution in [-0.4, -0.2) is 22.9 Å². The van der Waals surface area contributed by atoms with E-state index in [1.807, 2.05) is 5.38 Å².